The van der Waals surface area contributed by atoms with Gasteiger partial charge >= 0.3 is 0 Å². The molecule has 88 valence electrons. The Morgan fingerprint density at radius 2 is 2.19 bits per heavy atom. The van der Waals surface area contributed by atoms with Crippen LogP contribution in [0.4, 0.5) is 0 Å². The molecule has 1 atom stereocenters. The first-order valence-corrected chi connectivity index (χ1v) is 7.32. The van der Waals surface area contributed by atoms with Crippen LogP contribution < -0.4 is 0 Å². The van der Waals surface area contributed by atoms with Gasteiger partial charge < -0.3 is 0 Å². The summed E-state index contributed by atoms with van der Waals surface area (Å²) in [5.41, 5.74) is 1.17. The summed E-state index contributed by atoms with van der Waals surface area (Å²) in [6, 6.07) is 6.39. The molecule has 4 heteroatoms. The smallest absolute Gasteiger partial charge is 0.0465 e. The van der Waals surface area contributed by atoms with Crippen LogP contribution in [0, 0.1) is 0 Å². The average Bonchev–Trinajstić information content (AvgIpc) is 2.69. The molecule has 1 aliphatic rings. The normalized spacial score (nSPS) is 21.6. The maximum atomic E-state index is 6.18. The average molecular weight is 323 g/mol. The monoisotopic (exact) mass is 321 g/mol. The van der Waals surface area contributed by atoms with Gasteiger partial charge in [0, 0.05) is 28.0 Å². The first-order valence-electron chi connectivity index (χ1n) is 5.44. The van der Waals surface area contributed by atoms with E-state index in [1.54, 1.807) is 0 Å². The number of hydrogen-bond donors (Lipinski definition) is 0. The molecule has 16 heavy (non-hydrogen) atoms. The van der Waals surface area contributed by atoms with Gasteiger partial charge in [-0.25, -0.2) is 0 Å². The van der Waals surface area contributed by atoms with Crippen molar-refractivity contribution in [3.8, 4) is 0 Å². The summed E-state index contributed by atoms with van der Waals surface area (Å²) >= 11 is 15.6. The van der Waals surface area contributed by atoms with E-state index >= 15 is 0 Å². The second-order valence-electron chi connectivity index (χ2n) is 4.16. The summed E-state index contributed by atoms with van der Waals surface area (Å²) in [7, 11) is 0. The molecule has 1 saturated heterocycles. The number of alkyl halides is 1. The molecule has 0 amide bonds. The second kappa shape index (κ2) is 5.72. The molecule has 1 aromatic rings. The zero-order chi connectivity index (χ0) is 11.5. The van der Waals surface area contributed by atoms with Gasteiger partial charge in [0.2, 0.25) is 0 Å². The fraction of sp³-hybridized carbons (Fsp3) is 0.500. The molecule has 1 fully saturated rings. The van der Waals surface area contributed by atoms with Gasteiger partial charge in [-0.05, 0) is 37.1 Å². The first kappa shape index (κ1) is 12.7. The molecule has 1 unspecified atom stereocenters. The highest BCUT2D eigenvalue weighted by Crippen LogP contribution is 2.26. The SMILES string of the molecule is Clc1ccc(CN2CCCC2CBr)c(Cl)c1. The van der Waals surface area contributed by atoms with Crippen LogP contribution in [0.2, 0.25) is 10.0 Å². The lowest BCUT2D eigenvalue weighted by Gasteiger charge is -2.23. The number of rotatable bonds is 3. The zero-order valence-corrected chi connectivity index (χ0v) is 12.0. The fourth-order valence-electron chi connectivity index (χ4n) is 2.15. The van der Waals surface area contributed by atoms with Crippen LogP contribution in [0.3, 0.4) is 0 Å². The molecule has 1 heterocycles. The number of likely N-dealkylation sites (tertiary alicyclic amines) is 1. The van der Waals surface area contributed by atoms with Crippen molar-refractivity contribution in [3.05, 3.63) is 33.8 Å². The Bertz CT molecular complexity index is 370. The molecule has 0 spiro atoms. The number of hydrogen-bond acceptors (Lipinski definition) is 1. The molecule has 2 rings (SSSR count). The third-order valence-electron chi connectivity index (χ3n) is 3.07. The summed E-state index contributed by atoms with van der Waals surface area (Å²) < 4.78 is 0. The minimum absolute atomic E-state index is 0.645. The third kappa shape index (κ3) is 2.92. The summed E-state index contributed by atoms with van der Waals surface area (Å²) in [4.78, 5) is 2.48. The van der Waals surface area contributed by atoms with Gasteiger partial charge in [0.25, 0.3) is 0 Å². The van der Waals surface area contributed by atoms with E-state index in [-0.39, 0.29) is 0 Å². The molecule has 0 aromatic heterocycles. The van der Waals surface area contributed by atoms with E-state index in [9.17, 15) is 0 Å². The van der Waals surface area contributed by atoms with E-state index in [0.717, 1.165) is 23.4 Å². The Labute approximate surface area is 115 Å². The molecular weight excluding hydrogens is 309 g/mol. The summed E-state index contributed by atoms with van der Waals surface area (Å²) in [5, 5.41) is 2.51. The van der Waals surface area contributed by atoms with Crippen molar-refractivity contribution >= 4 is 39.1 Å². The minimum atomic E-state index is 0.645. The van der Waals surface area contributed by atoms with Crippen LogP contribution in [-0.4, -0.2) is 22.8 Å². The predicted molar refractivity (Wildman–Crippen MR) is 73.7 cm³/mol. The summed E-state index contributed by atoms with van der Waals surface area (Å²) in [6.45, 7) is 2.08. The second-order valence-corrected chi connectivity index (χ2v) is 5.65. The molecule has 1 aliphatic heterocycles. The lowest BCUT2D eigenvalue weighted by molar-refractivity contribution is 0.265. The van der Waals surface area contributed by atoms with Crippen molar-refractivity contribution in [1.82, 2.24) is 4.90 Å². The van der Waals surface area contributed by atoms with Gasteiger partial charge in [-0.3, -0.25) is 4.90 Å². The van der Waals surface area contributed by atoms with Gasteiger partial charge in [-0.2, -0.15) is 0 Å². The van der Waals surface area contributed by atoms with Crippen molar-refractivity contribution in [2.45, 2.75) is 25.4 Å². The van der Waals surface area contributed by atoms with Crippen molar-refractivity contribution < 1.29 is 0 Å². The Kier molecular flexibility index (Phi) is 4.54. The Morgan fingerprint density at radius 3 is 2.88 bits per heavy atom. The molecule has 1 nitrogen and oxygen atoms in total. The van der Waals surface area contributed by atoms with Crippen molar-refractivity contribution in [2.75, 3.05) is 11.9 Å². The van der Waals surface area contributed by atoms with Gasteiger partial charge in [0.1, 0.15) is 0 Å². The van der Waals surface area contributed by atoms with Crippen molar-refractivity contribution in [3.63, 3.8) is 0 Å². The van der Waals surface area contributed by atoms with E-state index in [0.29, 0.717) is 11.1 Å². The Hall–Kier alpha value is 0.240. The fourth-order valence-corrected chi connectivity index (χ4v) is 3.35. The van der Waals surface area contributed by atoms with Gasteiger partial charge in [-0.1, -0.05) is 45.2 Å². The number of benzene rings is 1. The highest BCUT2D eigenvalue weighted by Gasteiger charge is 2.23. The standard InChI is InChI=1S/C12H14BrCl2N/c13-7-11-2-1-5-16(11)8-9-3-4-10(14)6-12(9)15/h3-4,6,11H,1-2,5,7-8H2. The van der Waals surface area contributed by atoms with E-state index in [4.69, 9.17) is 23.2 Å². The van der Waals surface area contributed by atoms with Crippen molar-refractivity contribution in [1.29, 1.82) is 0 Å². The van der Waals surface area contributed by atoms with E-state index in [1.165, 1.54) is 18.4 Å². The molecule has 0 N–H and O–H groups in total. The predicted octanol–water partition coefficient (Wildman–Crippen LogP) is 4.35. The van der Waals surface area contributed by atoms with Crippen LogP contribution in [0.15, 0.2) is 18.2 Å². The highest BCUT2D eigenvalue weighted by molar-refractivity contribution is 9.09. The largest absolute Gasteiger partial charge is 0.295 e. The van der Waals surface area contributed by atoms with E-state index < -0.39 is 0 Å². The number of nitrogens with zero attached hydrogens (tertiary/aromatic N) is 1. The molecule has 0 radical (unpaired) electrons. The minimum Gasteiger partial charge on any atom is -0.295 e. The molecule has 1 aromatic carbocycles. The first-order chi connectivity index (χ1) is 7.70. The van der Waals surface area contributed by atoms with Crippen molar-refractivity contribution in [2.24, 2.45) is 0 Å². The maximum Gasteiger partial charge on any atom is 0.0465 e. The van der Waals surface area contributed by atoms with Gasteiger partial charge in [-0.15, -0.1) is 0 Å². The molecular formula is C12H14BrCl2N. The summed E-state index contributed by atoms with van der Waals surface area (Å²) in [6.07, 6.45) is 2.55. The summed E-state index contributed by atoms with van der Waals surface area (Å²) in [5.74, 6) is 0. The van der Waals surface area contributed by atoms with Crippen LogP contribution in [0.5, 0.6) is 0 Å². The topological polar surface area (TPSA) is 3.24 Å². The van der Waals surface area contributed by atoms with Crippen LogP contribution in [0.1, 0.15) is 18.4 Å². The number of halogens is 3. The lowest BCUT2D eigenvalue weighted by atomic mass is 10.2. The maximum absolute atomic E-state index is 6.18. The van der Waals surface area contributed by atoms with Gasteiger partial charge in [0.15, 0.2) is 0 Å². The highest BCUT2D eigenvalue weighted by atomic mass is 79.9. The zero-order valence-electron chi connectivity index (χ0n) is 8.93. The van der Waals surface area contributed by atoms with Gasteiger partial charge in [0.05, 0.1) is 0 Å². The van der Waals surface area contributed by atoms with Crippen LogP contribution in [-0.2, 0) is 6.54 Å². The quantitative estimate of drug-likeness (QED) is 0.748. The van der Waals surface area contributed by atoms with E-state index in [1.807, 2.05) is 18.2 Å². The van der Waals surface area contributed by atoms with Crippen LogP contribution >= 0.6 is 39.1 Å². The molecule has 0 aliphatic carbocycles. The molecule has 0 saturated carbocycles. The lowest BCUT2D eigenvalue weighted by Crippen LogP contribution is -2.30. The molecule has 0 bridgehead atoms. The Balaban J connectivity index is 2.08. The third-order valence-corrected chi connectivity index (χ3v) is 4.40. The van der Waals surface area contributed by atoms with Crippen LogP contribution in [0.25, 0.3) is 0 Å². The van der Waals surface area contributed by atoms with E-state index in [2.05, 4.69) is 20.8 Å². The Morgan fingerprint density at radius 1 is 1.38 bits per heavy atom.